The third kappa shape index (κ3) is 2.74. The van der Waals surface area contributed by atoms with Crippen LogP contribution in [0, 0.1) is 0 Å². The monoisotopic (exact) mass is 386 g/mol. The molecule has 0 atom stereocenters. The summed E-state index contributed by atoms with van der Waals surface area (Å²) < 4.78 is 0. The van der Waals surface area contributed by atoms with Gasteiger partial charge in [-0.05, 0) is 24.3 Å². The first-order chi connectivity index (χ1) is 14.8. The molecule has 0 aliphatic heterocycles. The molecule has 30 heavy (non-hydrogen) atoms. The highest BCUT2D eigenvalue weighted by Gasteiger charge is 2.18. The van der Waals surface area contributed by atoms with Crippen molar-refractivity contribution in [2.45, 2.75) is 0 Å². The lowest BCUT2D eigenvalue weighted by Crippen LogP contribution is -2.01. The van der Waals surface area contributed by atoms with Gasteiger partial charge >= 0.3 is 0 Å². The lowest BCUT2D eigenvalue weighted by atomic mass is 10.2. The van der Waals surface area contributed by atoms with E-state index in [0.717, 1.165) is 32.8 Å². The zero-order valence-corrected chi connectivity index (χ0v) is 15.8. The third-order valence-corrected chi connectivity index (χ3v) is 4.97. The molecule has 140 valence electrons. The van der Waals surface area contributed by atoms with Crippen LogP contribution in [-0.4, -0.2) is 29.9 Å². The van der Waals surface area contributed by atoms with Crippen molar-refractivity contribution in [3.63, 3.8) is 0 Å². The molecule has 0 radical (unpaired) electrons. The highest BCUT2D eigenvalue weighted by Crippen LogP contribution is 2.28. The smallest absolute Gasteiger partial charge is 0.181 e. The summed E-state index contributed by atoms with van der Waals surface area (Å²) in [5.41, 5.74) is 4.37. The molecule has 0 bridgehead atoms. The minimum Gasteiger partial charge on any atom is -0.240 e. The van der Waals surface area contributed by atoms with E-state index in [2.05, 4.69) is 9.97 Å². The van der Waals surface area contributed by atoms with Crippen molar-refractivity contribution >= 4 is 32.8 Å². The zero-order chi connectivity index (χ0) is 19.9. The van der Waals surface area contributed by atoms with Gasteiger partial charge in [-0.1, -0.05) is 48.5 Å². The predicted octanol–water partition coefficient (Wildman–Crippen LogP) is 4.85. The SMILES string of the molecule is c1ccc2nc(-c3nc4ccccc4nc3-c3ncc4ccccc4n3)ncc2c1. The molecule has 0 amide bonds. The number of aromatic nitrogens is 6. The van der Waals surface area contributed by atoms with Crippen molar-refractivity contribution < 1.29 is 0 Å². The molecule has 0 aliphatic rings. The summed E-state index contributed by atoms with van der Waals surface area (Å²) in [7, 11) is 0. The summed E-state index contributed by atoms with van der Waals surface area (Å²) in [6, 6.07) is 23.5. The van der Waals surface area contributed by atoms with E-state index < -0.39 is 0 Å². The van der Waals surface area contributed by atoms with Crippen molar-refractivity contribution in [2.75, 3.05) is 0 Å². The van der Waals surface area contributed by atoms with Gasteiger partial charge in [0.1, 0.15) is 11.4 Å². The minimum absolute atomic E-state index is 0.499. The summed E-state index contributed by atoms with van der Waals surface area (Å²) >= 11 is 0. The Morgan fingerprint density at radius 2 is 0.800 bits per heavy atom. The summed E-state index contributed by atoms with van der Waals surface area (Å²) in [5.74, 6) is 0.998. The van der Waals surface area contributed by atoms with Gasteiger partial charge < -0.3 is 0 Å². The Hall–Kier alpha value is -4.32. The molecule has 3 heterocycles. The first kappa shape index (κ1) is 16.6. The maximum Gasteiger partial charge on any atom is 0.181 e. The third-order valence-electron chi connectivity index (χ3n) is 4.97. The van der Waals surface area contributed by atoms with Crippen LogP contribution in [0.25, 0.3) is 55.9 Å². The van der Waals surface area contributed by atoms with E-state index in [1.165, 1.54) is 0 Å². The molecule has 0 saturated heterocycles. The maximum atomic E-state index is 4.84. The van der Waals surface area contributed by atoms with Crippen LogP contribution in [0.4, 0.5) is 0 Å². The molecule has 0 saturated carbocycles. The molecule has 0 fully saturated rings. The van der Waals surface area contributed by atoms with Gasteiger partial charge in [0.25, 0.3) is 0 Å². The Labute approximate surface area is 171 Å². The molecule has 0 aliphatic carbocycles. The Kier molecular flexibility index (Phi) is 3.67. The fourth-order valence-corrected chi connectivity index (χ4v) is 3.48. The second-order valence-corrected chi connectivity index (χ2v) is 6.91. The second kappa shape index (κ2) is 6.63. The molecule has 6 aromatic rings. The number of hydrogen-bond acceptors (Lipinski definition) is 6. The first-order valence-electron chi connectivity index (χ1n) is 9.56. The molecule has 6 rings (SSSR count). The van der Waals surface area contributed by atoms with Crippen LogP contribution < -0.4 is 0 Å². The first-order valence-corrected chi connectivity index (χ1v) is 9.56. The molecule has 6 nitrogen and oxygen atoms in total. The van der Waals surface area contributed by atoms with Crippen LogP contribution in [0.3, 0.4) is 0 Å². The highest BCUT2D eigenvalue weighted by molar-refractivity contribution is 5.86. The molecule has 0 N–H and O–H groups in total. The molecule has 3 aromatic carbocycles. The van der Waals surface area contributed by atoms with Crippen LogP contribution in [0.2, 0.25) is 0 Å². The average Bonchev–Trinajstić information content (AvgIpc) is 2.82. The van der Waals surface area contributed by atoms with Crippen molar-refractivity contribution in [1.29, 1.82) is 0 Å². The van der Waals surface area contributed by atoms with Gasteiger partial charge in [0, 0.05) is 23.2 Å². The second-order valence-electron chi connectivity index (χ2n) is 6.91. The van der Waals surface area contributed by atoms with Crippen LogP contribution >= 0.6 is 0 Å². The molecule has 6 heteroatoms. The van der Waals surface area contributed by atoms with E-state index in [1.54, 1.807) is 12.4 Å². The van der Waals surface area contributed by atoms with Gasteiger partial charge in [-0.2, -0.15) is 0 Å². The maximum absolute atomic E-state index is 4.84. The summed E-state index contributed by atoms with van der Waals surface area (Å²) in [5, 5.41) is 1.94. The largest absolute Gasteiger partial charge is 0.240 e. The Morgan fingerprint density at radius 1 is 0.400 bits per heavy atom. The van der Waals surface area contributed by atoms with E-state index in [0.29, 0.717) is 23.0 Å². The molecule has 0 spiro atoms. The Bertz CT molecular complexity index is 1440. The molecular formula is C24H14N6. The van der Waals surface area contributed by atoms with Crippen molar-refractivity contribution in [2.24, 2.45) is 0 Å². The topological polar surface area (TPSA) is 77.3 Å². The van der Waals surface area contributed by atoms with Crippen molar-refractivity contribution in [1.82, 2.24) is 29.9 Å². The van der Waals surface area contributed by atoms with Gasteiger partial charge in [-0.3, -0.25) is 0 Å². The van der Waals surface area contributed by atoms with Crippen LogP contribution in [-0.2, 0) is 0 Å². The van der Waals surface area contributed by atoms with E-state index in [4.69, 9.17) is 19.9 Å². The molecular weight excluding hydrogens is 372 g/mol. The predicted molar refractivity (Wildman–Crippen MR) is 117 cm³/mol. The number of nitrogens with zero attached hydrogens (tertiary/aromatic N) is 6. The molecule has 3 aromatic heterocycles. The molecule has 0 unspecified atom stereocenters. The van der Waals surface area contributed by atoms with E-state index in [9.17, 15) is 0 Å². The zero-order valence-electron chi connectivity index (χ0n) is 15.8. The van der Waals surface area contributed by atoms with Gasteiger partial charge in [0.2, 0.25) is 0 Å². The van der Waals surface area contributed by atoms with Gasteiger partial charge in [-0.25, -0.2) is 29.9 Å². The van der Waals surface area contributed by atoms with Crippen LogP contribution in [0.5, 0.6) is 0 Å². The summed E-state index contributed by atoms with van der Waals surface area (Å²) in [6.45, 7) is 0. The van der Waals surface area contributed by atoms with E-state index >= 15 is 0 Å². The number of fused-ring (bicyclic) bond motifs is 3. The Balaban J connectivity index is 1.64. The van der Waals surface area contributed by atoms with Gasteiger partial charge in [0.05, 0.1) is 22.1 Å². The standard InChI is InChI=1S/C24H14N6/c1-3-9-17-15(7-1)13-25-23(29-17)21-22(28-20-12-6-5-11-19(20)27-21)24-26-14-16-8-2-4-10-18(16)30-24/h1-14H. The van der Waals surface area contributed by atoms with E-state index in [-0.39, 0.29) is 0 Å². The lowest BCUT2D eigenvalue weighted by molar-refractivity contribution is 1.14. The van der Waals surface area contributed by atoms with Gasteiger partial charge in [0.15, 0.2) is 11.6 Å². The quantitative estimate of drug-likeness (QED) is 0.423. The minimum atomic E-state index is 0.499. The Morgan fingerprint density at radius 3 is 1.27 bits per heavy atom. The normalized spacial score (nSPS) is 11.3. The van der Waals surface area contributed by atoms with Crippen molar-refractivity contribution in [3.8, 4) is 23.0 Å². The lowest BCUT2D eigenvalue weighted by Gasteiger charge is -2.09. The average molecular weight is 386 g/mol. The van der Waals surface area contributed by atoms with Crippen molar-refractivity contribution in [3.05, 3.63) is 85.2 Å². The summed E-state index contributed by atoms with van der Waals surface area (Å²) in [6.07, 6.45) is 3.61. The fraction of sp³-hybridized carbons (Fsp3) is 0. The number of rotatable bonds is 2. The fourth-order valence-electron chi connectivity index (χ4n) is 3.48. The van der Waals surface area contributed by atoms with Gasteiger partial charge in [-0.15, -0.1) is 0 Å². The number of benzene rings is 3. The highest BCUT2D eigenvalue weighted by atomic mass is 15.0. The van der Waals surface area contributed by atoms with Crippen LogP contribution in [0.15, 0.2) is 85.2 Å². The van der Waals surface area contributed by atoms with Crippen LogP contribution in [0.1, 0.15) is 0 Å². The van der Waals surface area contributed by atoms with E-state index in [1.807, 2.05) is 72.8 Å². The number of hydrogen-bond donors (Lipinski definition) is 0. The summed E-state index contributed by atoms with van der Waals surface area (Å²) in [4.78, 5) is 28.3. The number of para-hydroxylation sites is 4.